The maximum atomic E-state index is 11.7. The number of carbonyl (C=O) groups excluding carboxylic acids is 1. The Hall–Kier alpha value is -1.62. The van der Waals surface area contributed by atoms with E-state index in [0.717, 1.165) is 11.3 Å². The number of nitrogens with one attached hydrogen (secondary N) is 2. The second-order valence-corrected chi connectivity index (χ2v) is 5.82. The maximum Gasteiger partial charge on any atom is 0.222 e. The number of benzene rings is 1. The molecule has 0 atom stereocenters. The van der Waals surface area contributed by atoms with Gasteiger partial charge in [0, 0.05) is 29.8 Å². The van der Waals surface area contributed by atoms with Crippen LogP contribution >= 0.6 is 12.2 Å². The molecule has 5 heteroatoms. The summed E-state index contributed by atoms with van der Waals surface area (Å²) < 4.78 is 0. The number of anilines is 1. The van der Waals surface area contributed by atoms with E-state index >= 15 is 0 Å². The van der Waals surface area contributed by atoms with Crippen LogP contribution in [0.4, 0.5) is 5.69 Å². The molecule has 0 spiro atoms. The first-order chi connectivity index (χ1) is 8.79. The zero-order valence-corrected chi connectivity index (χ0v) is 12.4. The van der Waals surface area contributed by atoms with E-state index in [0.29, 0.717) is 18.0 Å². The van der Waals surface area contributed by atoms with Crippen LogP contribution in [0.3, 0.4) is 0 Å². The van der Waals surface area contributed by atoms with Crippen molar-refractivity contribution in [2.75, 3.05) is 11.9 Å². The van der Waals surface area contributed by atoms with E-state index in [-0.39, 0.29) is 11.4 Å². The molecule has 1 amide bonds. The van der Waals surface area contributed by atoms with Gasteiger partial charge in [-0.2, -0.15) is 0 Å². The molecule has 1 aromatic carbocycles. The van der Waals surface area contributed by atoms with E-state index in [4.69, 9.17) is 18.0 Å². The second-order valence-electron chi connectivity index (χ2n) is 5.38. The van der Waals surface area contributed by atoms with Gasteiger partial charge in [-0.15, -0.1) is 0 Å². The highest BCUT2D eigenvalue weighted by Crippen LogP contribution is 2.14. The molecule has 0 heterocycles. The summed E-state index contributed by atoms with van der Waals surface area (Å²) in [5, 5.41) is 6.10. The van der Waals surface area contributed by atoms with E-state index in [1.54, 1.807) is 0 Å². The van der Waals surface area contributed by atoms with Gasteiger partial charge in [-0.05, 0) is 32.9 Å². The number of rotatable bonds is 5. The van der Waals surface area contributed by atoms with Gasteiger partial charge in [-0.25, -0.2) is 0 Å². The smallest absolute Gasteiger partial charge is 0.222 e. The molecular formula is C14H21N3OS. The highest BCUT2D eigenvalue weighted by molar-refractivity contribution is 7.80. The van der Waals surface area contributed by atoms with E-state index in [2.05, 4.69) is 10.6 Å². The fraction of sp³-hybridized carbons (Fsp3) is 0.429. The molecule has 0 aromatic heterocycles. The number of hydrogen-bond acceptors (Lipinski definition) is 3. The summed E-state index contributed by atoms with van der Waals surface area (Å²) in [6.45, 7) is 6.42. The van der Waals surface area contributed by atoms with Crippen LogP contribution in [0.5, 0.6) is 0 Å². The minimum atomic E-state index is -0.201. The molecule has 0 radical (unpaired) electrons. The first-order valence-electron chi connectivity index (χ1n) is 6.23. The second kappa shape index (κ2) is 6.52. The number of amides is 1. The van der Waals surface area contributed by atoms with Gasteiger partial charge in [-0.1, -0.05) is 24.4 Å². The van der Waals surface area contributed by atoms with Gasteiger partial charge in [0.05, 0.1) is 0 Å². The van der Waals surface area contributed by atoms with Gasteiger partial charge in [0.2, 0.25) is 5.91 Å². The first kappa shape index (κ1) is 15.4. The Morgan fingerprint density at radius 2 is 1.95 bits per heavy atom. The summed E-state index contributed by atoms with van der Waals surface area (Å²) in [5.41, 5.74) is 7.10. The van der Waals surface area contributed by atoms with Gasteiger partial charge >= 0.3 is 0 Å². The van der Waals surface area contributed by atoms with Crippen LogP contribution in [0.25, 0.3) is 0 Å². The van der Waals surface area contributed by atoms with Crippen molar-refractivity contribution in [1.29, 1.82) is 0 Å². The third-order valence-corrected chi connectivity index (χ3v) is 2.59. The minimum absolute atomic E-state index is 0.0211. The fourth-order valence-electron chi connectivity index (χ4n) is 1.64. The molecule has 0 bridgehead atoms. The SMILES string of the molecule is CC(C)(C)NC(=O)CCNc1ccccc1C(N)=S. The molecule has 4 N–H and O–H groups in total. The summed E-state index contributed by atoms with van der Waals surface area (Å²) in [7, 11) is 0. The van der Waals surface area contributed by atoms with Crippen LogP contribution in [-0.2, 0) is 4.79 Å². The lowest BCUT2D eigenvalue weighted by atomic mass is 10.1. The Balaban J connectivity index is 2.50. The molecule has 0 saturated carbocycles. The molecule has 1 aromatic rings. The zero-order valence-electron chi connectivity index (χ0n) is 11.6. The predicted octanol–water partition coefficient (Wildman–Crippen LogP) is 2.04. The van der Waals surface area contributed by atoms with Crippen LogP contribution in [-0.4, -0.2) is 23.0 Å². The van der Waals surface area contributed by atoms with Crippen molar-refractivity contribution < 1.29 is 4.79 Å². The molecule has 104 valence electrons. The Kier molecular flexibility index (Phi) is 5.30. The minimum Gasteiger partial charge on any atom is -0.389 e. The molecule has 1 rings (SSSR count). The maximum absolute atomic E-state index is 11.7. The summed E-state index contributed by atoms with van der Waals surface area (Å²) in [4.78, 5) is 12.0. The molecule has 0 aliphatic heterocycles. The number of carbonyl (C=O) groups is 1. The van der Waals surface area contributed by atoms with Gasteiger partial charge in [0.15, 0.2) is 0 Å². The predicted molar refractivity (Wildman–Crippen MR) is 83.3 cm³/mol. The van der Waals surface area contributed by atoms with Crippen LogP contribution in [0.1, 0.15) is 32.8 Å². The Bertz CT molecular complexity index is 466. The van der Waals surface area contributed by atoms with Crippen molar-refractivity contribution in [1.82, 2.24) is 5.32 Å². The summed E-state index contributed by atoms with van der Waals surface area (Å²) in [5.74, 6) is 0.0211. The average molecular weight is 279 g/mol. The van der Waals surface area contributed by atoms with Crippen LogP contribution in [0.15, 0.2) is 24.3 Å². The van der Waals surface area contributed by atoms with Crippen molar-refractivity contribution in [2.45, 2.75) is 32.7 Å². The topological polar surface area (TPSA) is 67.2 Å². The van der Waals surface area contributed by atoms with Crippen molar-refractivity contribution in [3.8, 4) is 0 Å². The van der Waals surface area contributed by atoms with E-state index in [1.165, 1.54) is 0 Å². The third kappa shape index (κ3) is 5.70. The highest BCUT2D eigenvalue weighted by Gasteiger charge is 2.13. The molecule has 19 heavy (non-hydrogen) atoms. The first-order valence-corrected chi connectivity index (χ1v) is 6.64. The lowest BCUT2D eigenvalue weighted by Crippen LogP contribution is -2.41. The largest absolute Gasteiger partial charge is 0.389 e. The van der Waals surface area contributed by atoms with Gasteiger partial charge in [0.1, 0.15) is 4.99 Å². The molecule has 0 aliphatic rings. The molecule has 0 saturated heterocycles. The van der Waals surface area contributed by atoms with E-state index < -0.39 is 0 Å². The van der Waals surface area contributed by atoms with Crippen molar-refractivity contribution in [3.05, 3.63) is 29.8 Å². The zero-order chi connectivity index (χ0) is 14.5. The summed E-state index contributed by atoms with van der Waals surface area (Å²) in [6.07, 6.45) is 0.406. The van der Waals surface area contributed by atoms with Gasteiger partial charge in [0.25, 0.3) is 0 Å². The lowest BCUT2D eigenvalue weighted by Gasteiger charge is -2.20. The van der Waals surface area contributed by atoms with Crippen LogP contribution < -0.4 is 16.4 Å². The van der Waals surface area contributed by atoms with E-state index in [1.807, 2.05) is 45.0 Å². The average Bonchev–Trinajstić information content (AvgIpc) is 2.27. The molecule has 0 fully saturated rings. The molecule has 0 aliphatic carbocycles. The standard InChI is InChI=1S/C14H21N3OS/c1-14(2,3)17-12(18)8-9-16-11-7-5-4-6-10(11)13(15)19/h4-7,16H,8-9H2,1-3H3,(H2,15,19)(H,17,18). The molecule has 4 nitrogen and oxygen atoms in total. The Labute approximate surface area is 119 Å². The monoisotopic (exact) mass is 279 g/mol. The lowest BCUT2D eigenvalue weighted by molar-refractivity contribution is -0.122. The fourth-order valence-corrected chi connectivity index (χ4v) is 1.82. The highest BCUT2D eigenvalue weighted by atomic mass is 32.1. The van der Waals surface area contributed by atoms with Crippen molar-refractivity contribution in [2.24, 2.45) is 5.73 Å². The number of hydrogen-bond donors (Lipinski definition) is 3. The Morgan fingerprint density at radius 1 is 1.32 bits per heavy atom. The third-order valence-electron chi connectivity index (χ3n) is 2.37. The van der Waals surface area contributed by atoms with Crippen molar-refractivity contribution >= 4 is 28.8 Å². The number of thiocarbonyl (C=S) groups is 1. The van der Waals surface area contributed by atoms with Crippen LogP contribution in [0, 0.1) is 0 Å². The van der Waals surface area contributed by atoms with Crippen molar-refractivity contribution in [3.63, 3.8) is 0 Å². The normalized spacial score (nSPS) is 10.9. The Morgan fingerprint density at radius 3 is 2.53 bits per heavy atom. The van der Waals surface area contributed by atoms with E-state index in [9.17, 15) is 4.79 Å². The van der Waals surface area contributed by atoms with Gasteiger partial charge in [-0.3, -0.25) is 4.79 Å². The molecular weight excluding hydrogens is 258 g/mol. The number of nitrogens with two attached hydrogens (primary N) is 1. The van der Waals surface area contributed by atoms with Crippen LogP contribution in [0.2, 0.25) is 0 Å². The van der Waals surface area contributed by atoms with Gasteiger partial charge < -0.3 is 16.4 Å². The molecule has 0 unspecified atom stereocenters. The summed E-state index contributed by atoms with van der Waals surface area (Å²) >= 11 is 4.98. The number of para-hydroxylation sites is 1. The quantitative estimate of drug-likeness (QED) is 0.722. The summed E-state index contributed by atoms with van der Waals surface area (Å²) in [6, 6.07) is 7.54.